The zero-order valence-electron chi connectivity index (χ0n) is 13.0. The molecule has 0 amide bonds. The van der Waals surface area contributed by atoms with Crippen molar-refractivity contribution in [1.82, 2.24) is 24.3 Å². The molecule has 1 N–H and O–H groups in total. The van der Waals surface area contributed by atoms with Crippen molar-refractivity contribution in [3.8, 4) is 0 Å². The Morgan fingerprint density at radius 3 is 2.79 bits per heavy atom. The smallest absolute Gasteiger partial charge is 0.230 e. The maximum atomic E-state index is 13.9. The summed E-state index contributed by atoms with van der Waals surface area (Å²) in [5.41, 5.74) is 1.36. The van der Waals surface area contributed by atoms with Crippen LogP contribution in [0.1, 0.15) is 5.56 Å². The van der Waals surface area contributed by atoms with E-state index in [2.05, 4.69) is 20.4 Å². The Labute approximate surface area is 137 Å². The summed E-state index contributed by atoms with van der Waals surface area (Å²) in [7, 11) is 1.84. The average molecular weight is 322 g/mol. The Kier molecular flexibility index (Phi) is 3.45. The quantitative estimate of drug-likeness (QED) is 0.627. The van der Waals surface area contributed by atoms with Gasteiger partial charge < -0.3 is 9.88 Å². The molecule has 7 heteroatoms. The molecule has 0 saturated carbocycles. The minimum Gasteiger partial charge on any atom is -0.328 e. The Morgan fingerprint density at radius 2 is 2.00 bits per heavy atom. The number of anilines is 2. The van der Waals surface area contributed by atoms with Gasteiger partial charge in [0.2, 0.25) is 5.95 Å². The molecule has 24 heavy (non-hydrogen) atoms. The molecule has 0 saturated heterocycles. The summed E-state index contributed by atoms with van der Waals surface area (Å²) in [5, 5.41) is 8.21. The van der Waals surface area contributed by atoms with Crippen molar-refractivity contribution in [2.24, 2.45) is 7.05 Å². The van der Waals surface area contributed by atoms with Crippen LogP contribution in [0.5, 0.6) is 0 Å². The van der Waals surface area contributed by atoms with Gasteiger partial charge in [0, 0.05) is 42.7 Å². The number of aryl methyl sites for hydroxylation is 1. The van der Waals surface area contributed by atoms with Gasteiger partial charge in [0.15, 0.2) is 5.82 Å². The van der Waals surface area contributed by atoms with Crippen LogP contribution in [-0.4, -0.2) is 24.3 Å². The number of hydrogen-bond donors (Lipinski definition) is 1. The van der Waals surface area contributed by atoms with Gasteiger partial charge in [-0.05, 0) is 12.1 Å². The molecule has 0 aliphatic heterocycles. The van der Waals surface area contributed by atoms with E-state index in [1.165, 1.54) is 6.07 Å². The van der Waals surface area contributed by atoms with Crippen molar-refractivity contribution in [3.05, 3.63) is 66.4 Å². The highest BCUT2D eigenvalue weighted by atomic mass is 19.1. The van der Waals surface area contributed by atoms with Crippen LogP contribution in [0, 0.1) is 5.82 Å². The van der Waals surface area contributed by atoms with E-state index in [4.69, 9.17) is 0 Å². The molecule has 0 aliphatic carbocycles. The number of benzene rings is 1. The largest absolute Gasteiger partial charge is 0.328 e. The Hall–Kier alpha value is -3.22. The van der Waals surface area contributed by atoms with Crippen molar-refractivity contribution in [3.63, 3.8) is 0 Å². The van der Waals surface area contributed by atoms with Crippen LogP contribution in [0.3, 0.4) is 0 Å². The van der Waals surface area contributed by atoms with E-state index in [1.54, 1.807) is 23.0 Å². The molecule has 1 aromatic carbocycles. The number of hydrogen-bond acceptors (Lipinski definition) is 4. The van der Waals surface area contributed by atoms with Crippen molar-refractivity contribution in [1.29, 1.82) is 0 Å². The molecule has 120 valence electrons. The molecule has 0 aliphatic rings. The van der Waals surface area contributed by atoms with Crippen LogP contribution >= 0.6 is 0 Å². The molecular formula is C17H15FN6. The monoisotopic (exact) mass is 322 g/mol. The molecule has 0 spiro atoms. The van der Waals surface area contributed by atoms with Crippen molar-refractivity contribution in [2.45, 2.75) is 6.54 Å². The number of rotatable bonds is 4. The second-order valence-electron chi connectivity index (χ2n) is 5.51. The molecule has 0 radical (unpaired) electrons. The van der Waals surface area contributed by atoms with E-state index >= 15 is 0 Å². The van der Waals surface area contributed by atoms with Gasteiger partial charge in [-0.2, -0.15) is 10.1 Å². The van der Waals surface area contributed by atoms with Crippen LogP contribution in [0.15, 0.2) is 55.0 Å². The lowest BCUT2D eigenvalue weighted by atomic mass is 10.2. The van der Waals surface area contributed by atoms with Crippen molar-refractivity contribution >= 4 is 22.8 Å². The fourth-order valence-corrected chi connectivity index (χ4v) is 2.56. The Balaban J connectivity index is 1.67. The Bertz CT molecular complexity index is 1000. The summed E-state index contributed by atoms with van der Waals surface area (Å²) in [6.45, 7) is 0.413. The fraction of sp³-hybridized carbons (Fsp3) is 0.118. The van der Waals surface area contributed by atoms with Gasteiger partial charge in [-0.1, -0.05) is 18.2 Å². The number of nitrogens with zero attached hydrogens (tertiary/aromatic N) is 5. The van der Waals surface area contributed by atoms with Crippen molar-refractivity contribution < 1.29 is 4.39 Å². The standard InChI is InChI=1S/C17H15FN6/c1-23-8-7-15(22-23)20-17-19-10-12-6-9-24(16(12)21-17)11-13-4-2-3-5-14(13)18/h2-10H,11H2,1H3,(H,19,20,21,22). The van der Waals surface area contributed by atoms with Gasteiger partial charge in [0.05, 0.1) is 6.54 Å². The fourth-order valence-electron chi connectivity index (χ4n) is 2.56. The lowest BCUT2D eigenvalue weighted by Crippen LogP contribution is -2.04. The van der Waals surface area contributed by atoms with Crippen LogP contribution < -0.4 is 5.32 Å². The molecule has 0 atom stereocenters. The maximum absolute atomic E-state index is 13.9. The highest BCUT2D eigenvalue weighted by Crippen LogP contribution is 2.18. The third kappa shape index (κ3) is 2.71. The first kappa shape index (κ1) is 14.4. The molecule has 6 nitrogen and oxygen atoms in total. The lowest BCUT2D eigenvalue weighted by molar-refractivity contribution is 0.601. The first-order valence-electron chi connectivity index (χ1n) is 7.51. The number of aromatic nitrogens is 5. The number of nitrogens with one attached hydrogen (secondary N) is 1. The van der Waals surface area contributed by atoms with E-state index in [1.807, 2.05) is 42.2 Å². The predicted octanol–water partition coefficient (Wildman–Crippen LogP) is 3.10. The van der Waals surface area contributed by atoms with E-state index in [0.717, 1.165) is 11.0 Å². The van der Waals surface area contributed by atoms with E-state index in [-0.39, 0.29) is 5.82 Å². The van der Waals surface area contributed by atoms with Crippen LogP contribution in [-0.2, 0) is 13.6 Å². The summed E-state index contributed by atoms with van der Waals surface area (Å²) in [6, 6.07) is 10.5. The maximum Gasteiger partial charge on any atom is 0.230 e. The van der Waals surface area contributed by atoms with Gasteiger partial charge >= 0.3 is 0 Å². The topological polar surface area (TPSA) is 60.6 Å². The summed E-state index contributed by atoms with van der Waals surface area (Å²) in [5.74, 6) is 0.902. The summed E-state index contributed by atoms with van der Waals surface area (Å²) < 4.78 is 17.5. The summed E-state index contributed by atoms with van der Waals surface area (Å²) in [6.07, 6.45) is 5.46. The van der Waals surface area contributed by atoms with Gasteiger partial charge in [-0.15, -0.1) is 0 Å². The molecule has 3 aromatic heterocycles. The minimum absolute atomic E-state index is 0.222. The van der Waals surface area contributed by atoms with Crippen LogP contribution in [0.4, 0.5) is 16.2 Å². The number of fused-ring (bicyclic) bond motifs is 1. The summed E-state index contributed by atoms with van der Waals surface area (Å²) >= 11 is 0. The highest BCUT2D eigenvalue weighted by molar-refractivity contribution is 5.76. The molecule has 0 bridgehead atoms. The van der Waals surface area contributed by atoms with E-state index < -0.39 is 0 Å². The molecule has 0 unspecified atom stereocenters. The van der Waals surface area contributed by atoms with Gasteiger partial charge in [0.1, 0.15) is 11.5 Å². The van der Waals surface area contributed by atoms with E-state index in [9.17, 15) is 4.39 Å². The normalized spacial score (nSPS) is 11.1. The number of halogens is 1. The van der Waals surface area contributed by atoms with Crippen LogP contribution in [0.2, 0.25) is 0 Å². The summed E-state index contributed by atoms with van der Waals surface area (Å²) in [4.78, 5) is 8.83. The van der Waals surface area contributed by atoms with E-state index in [0.29, 0.717) is 23.9 Å². The predicted molar refractivity (Wildman–Crippen MR) is 89.5 cm³/mol. The molecule has 3 heterocycles. The van der Waals surface area contributed by atoms with Crippen LogP contribution in [0.25, 0.3) is 11.0 Å². The van der Waals surface area contributed by atoms with Gasteiger partial charge in [-0.25, -0.2) is 9.37 Å². The second-order valence-corrected chi connectivity index (χ2v) is 5.51. The molecule has 4 aromatic rings. The molecule has 0 fully saturated rings. The SMILES string of the molecule is Cn1ccc(Nc2ncc3ccn(Cc4ccccc4F)c3n2)n1. The van der Waals surface area contributed by atoms with Gasteiger partial charge in [0.25, 0.3) is 0 Å². The minimum atomic E-state index is -0.222. The first-order chi connectivity index (χ1) is 11.7. The third-order valence-electron chi connectivity index (χ3n) is 3.75. The van der Waals surface area contributed by atoms with Crippen molar-refractivity contribution in [2.75, 3.05) is 5.32 Å². The first-order valence-corrected chi connectivity index (χ1v) is 7.51. The molecular weight excluding hydrogens is 307 g/mol. The highest BCUT2D eigenvalue weighted by Gasteiger charge is 2.09. The molecule has 4 rings (SSSR count). The zero-order valence-corrected chi connectivity index (χ0v) is 13.0. The van der Waals surface area contributed by atoms with Gasteiger partial charge in [-0.3, -0.25) is 4.68 Å². The lowest BCUT2D eigenvalue weighted by Gasteiger charge is -2.07. The average Bonchev–Trinajstić information content (AvgIpc) is 3.16. The Morgan fingerprint density at radius 1 is 1.12 bits per heavy atom. The third-order valence-corrected chi connectivity index (χ3v) is 3.75. The second kappa shape index (κ2) is 5.77. The zero-order chi connectivity index (χ0) is 16.5.